The van der Waals surface area contributed by atoms with Crippen molar-refractivity contribution in [1.29, 1.82) is 5.26 Å². The van der Waals surface area contributed by atoms with E-state index in [1.54, 1.807) is 0 Å². The predicted octanol–water partition coefficient (Wildman–Crippen LogP) is 5.12. The van der Waals surface area contributed by atoms with Gasteiger partial charge in [-0.2, -0.15) is 5.26 Å². The standard InChI is InChI=1S/C17H31NOSi/c1-9-17(8,13-18)11-10-12-19-20(14(2)3,15(4)5)16(6)7/h1,14-16H,10-12H2,2-8H3. The largest absolute Gasteiger partial charge is 0.416 e. The van der Waals surface area contributed by atoms with Gasteiger partial charge in [0.1, 0.15) is 5.41 Å². The molecule has 20 heavy (non-hydrogen) atoms. The monoisotopic (exact) mass is 293 g/mol. The fraction of sp³-hybridized carbons (Fsp3) is 0.824. The zero-order chi connectivity index (χ0) is 16.0. The third-order valence-corrected chi connectivity index (χ3v) is 10.6. The molecule has 1 atom stereocenters. The maximum Gasteiger partial charge on any atom is 0.200 e. The first kappa shape index (κ1) is 19.2. The lowest BCUT2D eigenvalue weighted by molar-refractivity contribution is 0.259. The molecular formula is C17H31NOSi. The molecule has 0 aromatic rings. The van der Waals surface area contributed by atoms with Crippen LogP contribution in [0, 0.1) is 29.1 Å². The van der Waals surface area contributed by atoms with Gasteiger partial charge in [0.2, 0.25) is 0 Å². The van der Waals surface area contributed by atoms with Crippen LogP contribution in [0.5, 0.6) is 0 Å². The van der Waals surface area contributed by atoms with Gasteiger partial charge in [-0.05, 0) is 36.4 Å². The van der Waals surface area contributed by atoms with Crippen LogP contribution in [0.25, 0.3) is 0 Å². The third-order valence-electron chi connectivity index (χ3n) is 4.45. The first-order valence-electron chi connectivity index (χ1n) is 7.69. The van der Waals surface area contributed by atoms with Gasteiger partial charge in [0, 0.05) is 6.61 Å². The molecule has 0 saturated carbocycles. The summed E-state index contributed by atoms with van der Waals surface area (Å²) in [6.45, 7) is 16.3. The summed E-state index contributed by atoms with van der Waals surface area (Å²) in [5.74, 6) is 2.59. The Morgan fingerprint density at radius 3 is 1.85 bits per heavy atom. The van der Waals surface area contributed by atoms with Gasteiger partial charge >= 0.3 is 0 Å². The topological polar surface area (TPSA) is 33.0 Å². The number of terminal acetylenes is 1. The maximum atomic E-state index is 9.08. The highest BCUT2D eigenvalue weighted by atomic mass is 28.4. The second kappa shape index (κ2) is 7.86. The fourth-order valence-corrected chi connectivity index (χ4v) is 8.83. The van der Waals surface area contributed by atoms with E-state index in [1.807, 2.05) is 6.92 Å². The third kappa shape index (κ3) is 4.37. The Bertz CT molecular complexity index is 338. The van der Waals surface area contributed by atoms with Crippen LogP contribution in [0.15, 0.2) is 0 Å². The van der Waals surface area contributed by atoms with Crippen molar-refractivity contribution in [2.75, 3.05) is 6.61 Å². The molecule has 0 spiro atoms. The quantitative estimate of drug-likeness (QED) is 0.353. The highest BCUT2D eigenvalue weighted by Crippen LogP contribution is 2.42. The van der Waals surface area contributed by atoms with Crippen LogP contribution in [0.2, 0.25) is 16.6 Å². The minimum Gasteiger partial charge on any atom is -0.416 e. The van der Waals surface area contributed by atoms with Gasteiger partial charge in [-0.15, -0.1) is 6.42 Å². The molecule has 0 aromatic heterocycles. The molecule has 0 aromatic carbocycles. The van der Waals surface area contributed by atoms with E-state index in [0.29, 0.717) is 23.0 Å². The average molecular weight is 294 g/mol. The Labute approximate surface area is 127 Å². The van der Waals surface area contributed by atoms with Crippen molar-refractivity contribution in [2.45, 2.75) is 77.9 Å². The first-order chi connectivity index (χ1) is 9.16. The van der Waals surface area contributed by atoms with E-state index in [1.165, 1.54) is 0 Å². The average Bonchev–Trinajstić information content (AvgIpc) is 2.37. The number of rotatable bonds is 8. The van der Waals surface area contributed by atoms with Gasteiger partial charge in [0.25, 0.3) is 0 Å². The lowest BCUT2D eigenvalue weighted by Gasteiger charge is -2.42. The molecule has 0 aliphatic rings. The van der Waals surface area contributed by atoms with Gasteiger partial charge in [-0.25, -0.2) is 0 Å². The highest BCUT2D eigenvalue weighted by molar-refractivity contribution is 6.77. The zero-order valence-electron chi connectivity index (χ0n) is 14.3. The van der Waals surface area contributed by atoms with Crippen LogP contribution in [-0.4, -0.2) is 14.9 Å². The molecule has 0 bridgehead atoms. The molecule has 0 rings (SSSR count). The van der Waals surface area contributed by atoms with E-state index in [2.05, 4.69) is 53.5 Å². The summed E-state index contributed by atoms with van der Waals surface area (Å²) in [6.07, 6.45) is 6.99. The van der Waals surface area contributed by atoms with Crippen LogP contribution in [0.1, 0.15) is 61.3 Å². The van der Waals surface area contributed by atoms with Crippen LogP contribution in [0.4, 0.5) is 0 Å². The van der Waals surface area contributed by atoms with E-state index in [4.69, 9.17) is 16.1 Å². The molecule has 2 nitrogen and oxygen atoms in total. The summed E-state index contributed by atoms with van der Waals surface area (Å²) < 4.78 is 6.46. The number of hydrogen-bond donors (Lipinski definition) is 0. The molecule has 0 radical (unpaired) electrons. The Morgan fingerprint density at radius 2 is 1.55 bits per heavy atom. The second-order valence-corrected chi connectivity index (χ2v) is 12.3. The molecule has 114 valence electrons. The lowest BCUT2D eigenvalue weighted by atomic mass is 9.88. The first-order valence-corrected chi connectivity index (χ1v) is 9.83. The molecule has 0 heterocycles. The Morgan fingerprint density at radius 1 is 1.10 bits per heavy atom. The summed E-state index contributed by atoms with van der Waals surface area (Å²) in [5, 5.41) is 9.08. The number of hydrogen-bond acceptors (Lipinski definition) is 2. The molecule has 3 heteroatoms. The van der Waals surface area contributed by atoms with Gasteiger partial charge in [0.15, 0.2) is 8.32 Å². The van der Waals surface area contributed by atoms with Crippen LogP contribution in [-0.2, 0) is 4.43 Å². The van der Waals surface area contributed by atoms with Crippen molar-refractivity contribution >= 4 is 8.32 Å². The Balaban J connectivity index is 4.68. The summed E-state index contributed by atoms with van der Waals surface area (Å²) in [5.41, 5.74) is 1.13. The minimum atomic E-state index is -1.78. The van der Waals surface area contributed by atoms with E-state index < -0.39 is 13.7 Å². The van der Waals surface area contributed by atoms with E-state index in [9.17, 15) is 0 Å². The predicted molar refractivity (Wildman–Crippen MR) is 88.8 cm³/mol. The molecule has 0 fully saturated rings. The van der Waals surface area contributed by atoms with E-state index >= 15 is 0 Å². The number of nitrogens with zero attached hydrogens (tertiary/aromatic N) is 1. The van der Waals surface area contributed by atoms with Crippen LogP contribution < -0.4 is 0 Å². The molecule has 0 saturated heterocycles. The van der Waals surface area contributed by atoms with Gasteiger partial charge in [-0.3, -0.25) is 0 Å². The van der Waals surface area contributed by atoms with Gasteiger partial charge in [0.05, 0.1) is 6.07 Å². The zero-order valence-corrected chi connectivity index (χ0v) is 15.3. The van der Waals surface area contributed by atoms with Crippen molar-refractivity contribution in [3.63, 3.8) is 0 Å². The molecule has 0 N–H and O–H groups in total. The summed E-state index contributed by atoms with van der Waals surface area (Å²) in [7, 11) is -1.78. The number of nitriles is 1. The van der Waals surface area contributed by atoms with E-state index in [-0.39, 0.29) is 0 Å². The van der Waals surface area contributed by atoms with Crippen LogP contribution >= 0.6 is 0 Å². The van der Waals surface area contributed by atoms with Crippen molar-refractivity contribution in [3.8, 4) is 18.4 Å². The van der Waals surface area contributed by atoms with Gasteiger partial charge in [-0.1, -0.05) is 47.5 Å². The molecule has 1 unspecified atom stereocenters. The normalized spacial score (nSPS) is 15.2. The highest BCUT2D eigenvalue weighted by Gasteiger charge is 2.44. The Kier molecular flexibility index (Phi) is 7.56. The molecule has 0 aliphatic heterocycles. The second-order valence-electron chi connectivity index (χ2n) is 6.86. The Hall–Kier alpha value is -0.773. The smallest absolute Gasteiger partial charge is 0.200 e. The molecule has 0 amide bonds. The lowest BCUT2D eigenvalue weighted by Crippen LogP contribution is -2.48. The van der Waals surface area contributed by atoms with Crippen molar-refractivity contribution in [1.82, 2.24) is 0 Å². The van der Waals surface area contributed by atoms with Crippen molar-refractivity contribution < 1.29 is 4.43 Å². The molecule has 0 aliphatic carbocycles. The summed E-state index contributed by atoms with van der Waals surface area (Å²) in [4.78, 5) is 0. The van der Waals surface area contributed by atoms with E-state index in [0.717, 1.165) is 13.0 Å². The van der Waals surface area contributed by atoms with Crippen molar-refractivity contribution in [3.05, 3.63) is 0 Å². The minimum absolute atomic E-state index is 0.595. The molecular weight excluding hydrogens is 262 g/mol. The summed E-state index contributed by atoms with van der Waals surface area (Å²) in [6, 6.07) is 2.21. The SMILES string of the molecule is C#CC(C)(C#N)CCCO[Si](C(C)C)(C(C)C)C(C)C. The summed E-state index contributed by atoms with van der Waals surface area (Å²) >= 11 is 0. The van der Waals surface area contributed by atoms with Crippen LogP contribution in [0.3, 0.4) is 0 Å². The fourth-order valence-electron chi connectivity index (χ4n) is 3.34. The van der Waals surface area contributed by atoms with Crippen molar-refractivity contribution in [2.24, 2.45) is 5.41 Å². The maximum absolute atomic E-state index is 9.08. The van der Waals surface area contributed by atoms with Gasteiger partial charge < -0.3 is 4.43 Å².